The van der Waals surface area contributed by atoms with Crippen LogP contribution in [-0.4, -0.2) is 9.78 Å². The molecule has 62 valence electrons. The molecule has 2 aromatic rings. The Morgan fingerprint density at radius 1 is 1.50 bits per heavy atom. The number of aryl methyl sites for hydroxylation is 1. The predicted molar refractivity (Wildman–Crippen MR) is 50.1 cm³/mol. The summed E-state index contributed by atoms with van der Waals surface area (Å²) in [5, 5.41) is 5.68. The fraction of sp³-hybridized carbons (Fsp3) is 0.125. The van der Waals surface area contributed by atoms with Gasteiger partial charge in [0.1, 0.15) is 0 Å². The van der Waals surface area contributed by atoms with Gasteiger partial charge in [0, 0.05) is 18.6 Å². The minimum atomic E-state index is 0.584. The van der Waals surface area contributed by atoms with Crippen LogP contribution in [0.1, 0.15) is 0 Å². The second kappa shape index (κ2) is 2.38. The quantitative estimate of drug-likeness (QED) is 0.630. The third kappa shape index (κ3) is 0.940. The smallest absolute Gasteiger partial charge is 0.0939 e. The van der Waals surface area contributed by atoms with Crippen LogP contribution in [0.5, 0.6) is 0 Å². The zero-order valence-corrected chi connectivity index (χ0v) is 7.34. The molecule has 1 aromatic heterocycles. The van der Waals surface area contributed by atoms with Crippen molar-refractivity contribution >= 4 is 28.2 Å². The first-order valence-electron chi connectivity index (χ1n) is 3.56. The van der Waals surface area contributed by atoms with E-state index in [1.54, 1.807) is 10.7 Å². The van der Waals surface area contributed by atoms with Gasteiger partial charge in [0.2, 0.25) is 0 Å². The lowest BCUT2D eigenvalue weighted by Crippen LogP contribution is -1.85. The minimum absolute atomic E-state index is 0.584. The van der Waals surface area contributed by atoms with Crippen LogP contribution < -0.4 is 5.73 Å². The molecule has 0 unspecified atom stereocenters. The molecule has 0 aliphatic carbocycles. The zero-order chi connectivity index (χ0) is 8.72. The van der Waals surface area contributed by atoms with E-state index in [1.165, 1.54) is 0 Å². The van der Waals surface area contributed by atoms with Crippen molar-refractivity contribution in [2.45, 2.75) is 0 Å². The lowest BCUT2D eigenvalue weighted by Gasteiger charge is -1.95. The van der Waals surface area contributed by atoms with Crippen molar-refractivity contribution in [1.29, 1.82) is 0 Å². The molecular formula is C8H8ClN3. The lowest BCUT2D eigenvalue weighted by molar-refractivity contribution is 0.780. The minimum Gasteiger partial charge on any atom is -0.398 e. The van der Waals surface area contributed by atoms with Crippen molar-refractivity contribution in [3.05, 3.63) is 23.4 Å². The van der Waals surface area contributed by atoms with E-state index in [1.807, 2.05) is 19.3 Å². The summed E-state index contributed by atoms with van der Waals surface area (Å²) in [6.45, 7) is 0. The fourth-order valence-electron chi connectivity index (χ4n) is 1.20. The molecule has 0 aliphatic heterocycles. The molecule has 2 rings (SSSR count). The molecule has 0 amide bonds. The van der Waals surface area contributed by atoms with Crippen LogP contribution in [0.15, 0.2) is 18.3 Å². The first-order valence-corrected chi connectivity index (χ1v) is 3.93. The number of hydrogen-bond donors (Lipinski definition) is 1. The van der Waals surface area contributed by atoms with E-state index < -0.39 is 0 Å². The van der Waals surface area contributed by atoms with Gasteiger partial charge in [-0.15, -0.1) is 0 Å². The highest BCUT2D eigenvalue weighted by atomic mass is 35.5. The number of fused-ring (bicyclic) bond motifs is 1. The summed E-state index contributed by atoms with van der Waals surface area (Å²) in [7, 11) is 1.85. The number of nitrogens with zero attached hydrogens (tertiary/aromatic N) is 2. The molecule has 0 spiro atoms. The van der Waals surface area contributed by atoms with E-state index in [-0.39, 0.29) is 0 Å². The van der Waals surface area contributed by atoms with Gasteiger partial charge in [0.05, 0.1) is 16.2 Å². The molecule has 0 bridgehead atoms. The highest BCUT2D eigenvalue weighted by Gasteiger charge is 2.04. The van der Waals surface area contributed by atoms with Crippen molar-refractivity contribution < 1.29 is 0 Å². The number of rotatable bonds is 0. The first kappa shape index (κ1) is 7.43. The number of anilines is 1. The highest BCUT2D eigenvalue weighted by molar-refractivity contribution is 6.37. The molecule has 1 aromatic carbocycles. The summed E-state index contributed by atoms with van der Waals surface area (Å²) in [6.07, 6.45) is 1.86. The van der Waals surface area contributed by atoms with Crippen LogP contribution in [0.25, 0.3) is 10.9 Å². The molecule has 1 heterocycles. The summed E-state index contributed by atoms with van der Waals surface area (Å²) in [5.41, 5.74) is 7.09. The Morgan fingerprint density at radius 2 is 2.25 bits per heavy atom. The maximum Gasteiger partial charge on any atom is 0.0939 e. The highest BCUT2D eigenvalue weighted by Crippen LogP contribution is 2.27. The van der Waals surface area contributed by atoms with Gasteiger partial charge in [-0.05, 0) is 12.1 Å². The fourth-order valence-corrected chi connectivity index (χ4v) is 1.40. The Kier molecular flexibility index (Phi) is 1.48. The summed E-state index contributed by atoms with van der Waals surface area (Å²) >= 11 is 5.96. The largest absolute Gasteiger partial charge is 0.398 e. The van der Waals surface area contributed by atoms with Crippen LogP contribution in [0.2, 0.25) is 5.02 Å². The molecule has 0 atom stereocenters. The zero-order valence-electron chi connectivity index (χ0n) is 6.58. The van der Waals surface area contributed by atoms with Crippen LogP contribution >= 0.6 is 11.6 Å². The number of aromatic nitrogens is 2. The number of halogens is 1. The number of hydrogen-bond acceptors (Lipinski definition) is 2. The molecule has 0 fully saturated rings. The topological polar surface area (TPSA) is 43.8 Å². The van der Waals surface area contributed by atoms with Gasteiger partial charge in [0.15, 0.2) is 0 Å². The molecule has 0 saturated carbocycles. The maximum absolute atomic E-state index is 5.96. The second-order valence-corrected chi connectivity index (χ2v) is 3.08. The molecule has 3 nitrogen and oxygen atoms in total. The van der Waals surface area contributed by atoms with Gasteiger partial charge in [0.25, 0.3) is 0 Å². The third-order valence-corrected chi connectivity index (χ3v) is 2.19. The van der Waals surface area contributed by atoms with Crippen molar-refractivity contribution in [1.82, 2.24) is 9.78 Å². The summed E-state index contributed by atoms with van der Waals surface area (Å²) < 4.78 is 1.72. The Balaban J connectivity index is 2.89. The average Bonchev–Trinajstić information content (AvgIpc) is 2.39. The Bertz CT molecular complexity index is 433. The Hall–Kier alpha value is -1.22. The SMILES string of the molecule is Cn1cc2c(Cl)c(N)ccc2n1. The van der Waals surface area contributed by atoms with E-state index in [4.69, 9.17) is 17.3 Å². The first-order chi connectivity index (χ1) is 5.68. The maximum atomic E-state index is 5.96. The molecule has 0 saturated heterocycles. The average molecular weight is 182 g/mol. The molecule has 0 radical (unpaired) electrons. The summed E-state index contributed by atoms with van der Waals surface area (Å²) in [6, 6.07) is 3.62. The Morgan fingerprint density at radius 3 is 3.00 bits per heavy atom. The molecule has 12 heavy (non-hydrogen) atoms. The van der Waals surface area contributed by atoms with Crippen molar-refractivity contribution in [3.63, 3.8) is 0 Å². The predicted octanol–water partition coefficient (Wildman–Crippen LogP) is 1.81. The van der Waals surface area contributed by atoms with Gasteiger partial charge in [-0.25, -0.2) is 0 Å². The van der Waals surface area contributed by atoms with Crippen LogP contribution in [0.3, 0.4) is 0 Å². The molecule has 0 aliphatic rings. The van der Waals surface area contributed by atoms with Gasteiger partial charge < -0.3 is 5.73 Å². The van der Waals surface area contributed by atoms with Gasteiger partial charge >= 0.3 is 0 Å². The van der Waals surface area contributed by atoms with Crippen molar-refractivity contribution in [3.8, 4) is 0 Å². The van der Waals surface area contributed by atoms with Gasteiger partial charge in [-0.3, -0.25) is 4.68 Å². The van der Waals surface area contributed by atoms with Gasteiger partial charge in [-0.2, -0.15) is 5.10 Å². The third-order valence-electron chi connectivity index (χ3n) is 1.77. The summed E-state index contributed by atoms with van der Waals surface area (Å²) in [4.78, 5) is 0. The second-order valence-electron chi connectivity index (χ2n) is 2.70. The number of benzene rings is 1. The molecule has 4 heteroatoms. The van der Waals surface area contributed by atoms with Gasteiger partial charge in [-0.1, -0.05) is 11.6 Å². The van der Waals surface area contributed by atoms with Crippen LogP contribution in [0.4, 0.5) is 5.69 Å². The van der Waals surface area contributed by atoms with Crippen LogP contribution in [-0.2, 0) is 7.05 Å². The van der Waals surface area contributed by atoms with Crippen molar-refractivity contribution in [2.75, 3.05) is 5.73 Å². The van der Waals surface area contributed by atoms with E-state index in [9.17, 15) is 0 Å². The van der Waals surface area contributed by atoms with E-state index in [0.717, 1.165) is 10.9 Å². The Labute approximate surface area is 74.7 Å². The standard InChI is InChI=1S/C8H8ClN3/c1-12-4-5-7(11-12)3-2-6(10)8(5)9/h2-4H,10H2,1H3. The molecule has 2 N–H and O–H groups in total. The molecular weight excluding hydrogens is 174 g/mol. The van der Waals surface area contributed by atoms with E-state index in [2.05, 4.69) is 5.10 Å². The van der Waals surface area contributed by atoms with E-state index in [0.29, 0.717) is 10.7 Å². The van der Waals surface area contributed by atoms with E-state index >= 15 is 0 Å². The monoisotopic (exact) mass is 181 g/mol. The lowest BCUT2D eigenvalue weighted by atomic mass is 10.2. The summed E-state index contributed by atoms with van der Waals surface area (Å²) in [5.74, 6) is 0. The number of nitrogen functional groups attached to an aromatic ring is 1. The van der Waals surface area contributed by atoms with Crippen molar-refractivity contribution in [2.24, 2.45) is 7.05 Å². The normalized spacial score (nSPS) is 10.8. The number of nitrogens with two attached hydrogens (primary N) is 1. The van der Waals surface area contributed by atoms with Crippen LogP contribution in [0, 0.1) is 0 Å².